The third-order valence-corrected chi connectivity index (χ3v) is 4.98. The average Bonchev–Trinajstić information content (AvgIpc) is 2.76. The number of pyridine rings is 1. The van der Waals surface area contributed by atoms with Crippen molar-refractivity contribution in [3.05, 3.63) is 20.1 Å². The fourth-order valence-corrected chi connectivity index (χ4v) is 3.65. The minimum atomic E-state index is -0.601. The lowest BCUT2D eigenvalue weighted by Crippen LogP contribution is -2.09. The molecule has 0 bridgehead atoms. The number of unbranched alkanes of at least 4 members (excludes halogenated alkanes) is 1. The highest BCUT2D eigenvalue weighted by molar-refractivity contribution is 9.11. The second-order valence-electron chi connectivity index (χ2n) is 3.88. The summed E-state index contributed by atoms with van der Waals surface area (Å²) in [5, 5.41) is 10.7. The van der Waals surface area contributed by atoms with Gasteiger partial charge < -0.3 is 9.84 Å². The van der Waals surface area contributed by atoms with Crippen molar-refractivity contribution < 1.29 is 14.6 Å². The fourth-order valence-electron chi connectivity index (χ4n) is 1.54. The number of esters is 1. The summed E-state index contributed by atoms with van der Waals surface area (Å²) >= 11 is 8.08. The number of carbonyl (C=O) groups excluding carboxylic acids is 1. The van der Waals surface area contributed by atoms with E-state index in [4.69, 9.17) is 4.74 Å². The number of carbonyl (C=O) groups is 1. The molecule has 2 aromatic heterocycles. The van der Waals surface area contributed by atoms with E-state index >= 15 is 0 Å². The highest BCUT2D eigenvalue weighted by Crippen LogP contribution is 2.40. The predicted octanol–water partition coefficient (Wildman–Crippen LogP) is 4.48. The van der Waals surface area contributed by atoms with E-state index in [1.54, 1.807) is 6.07 Å². The van der Waals surface area contributed by atoms with Gasteiger partial charge in [0, 0.05) is 5.39 Å². The first-order valence-corrected chi connectivity index (χ1v) is 8.09. The predicted molar refractivity (Wildman–Crippen MR) is 81.9 cm³/mol. The minimum Gasteiger partial charge on any atom is -0.505 e. The summed E-state index contributed by atoms with van der Waals surface area (Å²) in [6, 6.07) is 1.75. The van der Waals surface area contributed by atoms with Crippen molar-refractivity contribution >= 4 is 59.3 Å². The lowest BCUT2D eigenvalue weighted by Gasteiger charge is -2.06. The van der Waals surface area contributed by atoms with Gasteiger partial charge in [0.1, 0.15) is 4.60 Å². The molecule has 0 radical (unpaired) electrons. The summed E-state index contributed by atoms with van der Waals surface area (Å²) in [6.07, 6.45) is 1.73. The summed E-state index contributed by atoms with van der Waals surface area (Å²) in [4.78, 5) is 15.9. The van der Waals surface area contributed by atoms with Crippen LogP contribution in [0.4, 0.5) is 0 Å². The minimum absolute atomic E-state index is 0.0548. The molecule has 0 unspecified atom stereocenters. The lowest BCUT2D eigenvalue weighted by molar-refractivity contribution is 0.0489. The van der Waals surface area contributed by atoms with E-state index in [0.29, 0.717) is 16.6 Å². The van der Waals surface area contributed by atoms with Crippen LogP contribution in [0.3, 0.4) is 0 Å². The summed E-state index contributed by atoms with van der Waals surface area (Å²) in [5.41, 5.74) is -0.0548. The number of thiophene rings is 1. The van der Waals surface area contributed by atoms with Crippen molar-refractivity contribution in [1.82, 2.24) is 4.98 Å². The van der Waals surface area contributed by atoms with Gasteiger partial charge in [0.15, 0.2) is 11.4 Å². The number of hydrogen-bond donors (Lipinski definition) is 1. The summed E-state index contributed by atoms with van der Waals surface area (Å²) in [5.74, 6) is -0.738. The van der Waals surface area contributed by atoms with Crippen LogP contribution in [-0.2, 0) is 4.74 Å². The van der Waals surface area contributed by atoms with Crippen molar-refractivity contribution in [2.24, 2.45) is 0 Å². The quantitative estimate of drug-likeness (QED) is 0.460. The Balaban J connectivity index is 2.38. The molecular weight excluding hydrogens is 398 g/mol. The standard InChI is InChI=1S/C12H11Br2NO3S/c1-2-3-4-18-12(17)8-9(16)6-5-7(13)19-10(6)11(14)15-8/h5,16H,2-4H2,1H3. The molecular formula is C12H11Br2NO3S. The average molecular weight is 409 g/mol. The van der Waals surface area contributed by atoms with Gasteiger partial charge in [-0.05, 0) is 44.3 Å². The normalized spacial score (nSPS) is 10.9. The third kappa shape index (κ3) is 3.09. The topological polar surface area (TPSA) is 59.4 Å². The second kappa shape index (κ2) is 6.19. The van der Waals surface area contributed by atoms with Gasteiger partial charge in [-0.25, -0.2) is 9.78 Å². The highest BCUT2D eigenvalue weighted by Gasteiger charge is 2.21. The molecule has 19 heavy (non-hydrogen) atoms. The largest absolute Gasteiger partial charge is 0.505 e. The number of hydrogen-bond acceptors (Lipinski definition) is 5. The van der Waals surface area contributed by atoms with Crippen LogP contribution in [0.15, 0.2) is 14.5 Å². The van der Waals surface area contributed by atoms with E-state index in [-0.39, 0.29) is 11.4 Å². The molecule has 2 heterocycles. The molecule has 2 aromatic rings. The Morgan fingerprint density at radius 3 is 2.95 bits per heavy atom. The molecule has 7 heteroatoms. The molecule has 0 amide bonds. The van der Waals surface area contributed by atoms with Crippen molar-refractivity contribution in [2.75, 3.05) is 6.61 Å². The molecule has 0 aliphatic carbocycles. The number of rotatable bonds is 4. The van der Waals surface area contributed by atoms with E-state index in [9.17, 15) is 9.90 Å². The van der Waals surface area contributed by atoms with Crippen LogP contribution >= 0.6 is 43.2 Å². The van der Waals surface area contributed by atoms with Crippen LogP contribution in [0.5, 0.6) is 5.75 Å². The number of ether oxygens (including phenoxy) is 1. The molecule has 102 valence electrons. The Hall–Kier alpha value is -0.660. The second-order valence-corrected chi connectivity index (χ2v) is 7.07. The molecule has 0 aliphatic rings. The molecule has 0 fully saturated rings. The van der Waals surface area contributed by atoms with E-state index in [1.807, 2.05) is 6.92 Å². The van der Waals surface area contributed by atoms with Crippen LogP contribution in [0.2, 0.25) is 0 Å². The Labute approximate surface area is 131 Å². The van der Waals surface area contributed by atoms with Crippen molar-refractivity contribution in [1.29, 1.82) is 0 Å². The van der Waals surface area contributed by atoms with Crippen LogP contribution in [-0.4, -0.2) is 22.7 Å². The maximum atomic E-state index is 11.9. The number of nitrogens with zero attached hydrogens (tertiary/aromatic N) is 1. The number of halogens is 2. The zero-order valence-electron chi connectivity index (χ0n) is 10.1. The van der Waals surface area contributed by atoms with E-state index in [0.717, 1.165) is 21.3 Å². The monoisotopic (exact) mass is 407 g/mol. The number of aromatic hydroxyl groups is 1. The highest BCUT2D eigenvalue weighted by atomic mass is 79.9. The molecule has 0 atom stereocenters. The molecule has 2 rings (SSSR count). The Morgan fingerprint density at radius 2 is 2.26 bits per heavy atom. The van der Waals surface area contributed by atoms with Gasteiger partial charge in [0.2, 0.25) is 0 Å². The van der Waals surface area contributed by atoms with Crippen LogP contribution in [0, 0.1) is 0 Å². The first-order chi connectivity index (χ1) is 9.04. The molecule has 0 aliphatic heterocycles. The molecule has 0 saturated carbocycles. The Kier molecular flexibility index (Phi) is 4.81. The SMILES string of the molecule is CCCCOC(=O)c1nc(Br)c2sc(Br)cc2c1O. The van der Waals surface area contributed by atoms with Gasteiger partial charge in [0.05, 0.1) is 15.1 Å². The van der Waals surface area contributed by atoms with Gasteiger partial charge in [0.25, 0.3) is 0 Å². The maximum Gasteiger partial charge on any atom is 0.360 e. The zero-order chi connectivity index (χ0) is 14.0. The lowest BCUT2D eigenvalue weighted by atomic mass is 10.2. The number of aromatic nitrogens is 1. The van der Waals surface area contributed by atoms with Gasteiger partial charge >= 0.3 is 5.97 Å². The molecule has 0 saturated heterocycles. The Morgan fingerprint density at radius 1 is 1.53 bits per heavy atom. The Bertz CT molecular complexity index is 627. The molecule has 0 spiro atoms. The number of fused-ring (bicyclic) bond motifs is 1. The first kappa shape index (κ1) is 14.7. The maximum absolute atomic E-state index is 11.9. The molecule has 0 aromatic carbocycles. The van der Waals surface area contributed by atoms with Crippen LogP contribution < -0.4 is 0 Å². The van der Waals surface area contributed by atoms with Crippen molar-refractivity contribution in [2.45, 2.75) is 19.8 Å². The van der Waals surface area contributed by atoms with Gasteiger partial charge in [-0.2, -0.15) is 0 Å². The van der Waals surface area contributed by atoms with E-state index in [2.05, 4.69) is 36.8 Å². The smallest absolute Gasteiger partial charge is 0.360 e. The zero-order valence-corrected chi connectivity index (χ0v) is 14.1. The van der Waals surface area contributed by atoms with Crippen molar-refractivity contribution in [3.8, 4) is 5.75 Å². The van der Waals surface area contributed by atoms with E-state index in [1.165, 1.54) is 11.3 Å². The molecule has 1 N–H and O–H groups in total. The summed E-state index contributed by atoms with van der Waals surface area (Å²) < 4.78 is 7.24. The van der Waals surface area contributed by atoms with Crippen LogP contribution in [0.25, 0.3) is 10.1 Å². The van der Waals surface area contributed by atoms with Gasteiger partial charge in [-0.1, -0.05) is 13.3 Å². The fraction of sp³-hybridized carbons (Fsp3) is 0.333. The first-order valence-electron chi connectivity index (χ1n) is 5.69. The summed E-state index contributed by atoms with van der Waals surface area (Å²) in [6.45, 7) is 2.34. The van der Waals surface area contributed by atoms with Gasteiger partial charge in [-0.15, -0.1) is 11.3 Å². The van der Waals surface area contributed by atoms with Gasteiger partial charge in [-0.3, -0.25) is 0 Å². The van der Waals surface area contributed by atoms with Crippen molar-refractivity contribution in [3.63, 3.8) is 0 Å². The van der Waals surface area contributed by atoms with Crippen LogP contribution in [0.1, 0.15) is 30.3 Å². The summed E-state index contributed by atoms with van der Waals surface area (Å²) in [7, 11) is 0. The third-order valence-electron chi connectivity index (χ3n) is 2.50. The molecule has 4 nitrogen and oxygen atoms in total. The van der Waals surface area contributed by atoms with E-state index < -0.39 is 5.97 Å².